The molecule has 3 rings (SSSR count). The van der Waals surface area contributed by atoms with Gasteiger partial charge in [-0.2, -0.15) is 5.26 Å². The molecule has 2 unspecified atom stereocenters. The number of thioether (sulfide) groups is 1. The summed E-state index contributed by atoms with van der Waals surface area (Å²) in [5.74, 6) is 0.421. The van der Waals surface area contributed by atoms with E-state index in [0.717, 1.165) is 10.5 Å². The van der Waals surface area contributed by atoms with E-state index in [-0.39, 0.29) is 12.0 Å². The molecule has 2 aliphatic rings. The minimum absolute atomic E-state index is 0.317. The lowest BCUT2D eigenvalue weighted by Crippen LogP contribution is -2.37. The van der Waals surface area contributed by atoms with Crippen LogP contribution in [0.25, 0.3) is 6.08 Å². The molecule has 164 valence electrons. The minimum atomic E-state index is -0.428. The molecule has 0 aliphatic carbocycles. The van der Waals surface area contributed by atoms with Crippen LogP contribution in [0.2, 0.25) is 0 Å². The molecule has 0 saturated carbocycles. The molecule has 2 amide bonds. The molecule has 1 aromatic rings. The summed E-state index contributed by atoms with van der Waals surface area (Å²) in [5, 5.41) is 12.2. The number of hydrogen-bond acceptors (Lipinski definition) is 7. The van der Waals surface area contributed by atoms with Crippen molar-refractivity contribution in [1.29, 1.82) is 5.26 Å². The smallest absolute Gasteiger partial charge is 0.410 e. The summed E-state index contributed by atoms with van der Waals surface area (Å²) in [4.78, 5) is 27.2. The van der Waals surface area contributed by atoms with Crippen LogP contribution in [-0.4, -0.2) is 56.2 Å². The van der Waals surface area contributed by atoms with Gasteiger partial charge in [-0.25, -0.2) is 4.79 Å². The van der Waals surface area contributed by atoms with Crippen LogP contribution in [0.15, 0.2) is 34.8 Å². The fourth-order valence-corrected chi connectivity index (χ4v) is 5.07. The van der Waals surface area contributed by atoms with Crippen LogP contribution in [-0.2, 0) is 9.53 Å². The van der Waals surface area contributed by atoms with Crippen molar-refractivity contribution in [2.24, 2.45) is 5.92 Å². The highest BCUT2D eigenvalue weighted by Crippen LogP contribution is 2.44. The van der Waals surface area contributed by atoms with Crippen molar-refractivity contribution in [3.05, 3.63) is 40.3 Å². The maximum Gasteiger partial charge on any atom is 0.410 e. The van der Waals surface area contributed by atoms with Gasteiger partial charge < -0.3 is 24.4 Å². The van der Waals surface area contributed by atoms with Gasteiger partial charge in [0.15, 0.2) is 0 Å². The highest BCUT2D eigenvalue weighted by Gasteiger charge is 2.39. The molecular formula is C22H25N3O5S. The Kier molecular flexibility index (Phi) is 7.47. The lowest BCUT2D eigenvalue weighted by molar-refractivity contribution is -0.116. The summed E-state index contributed by atoms with van der Waals surface area (Å²) >= 11 is 1.42. The summed E-state index contributed by atoms with van der Waals surface area (Å²) in [6, 6.07) is 7.68. The molecule has 0 radical (unpaired) electrons. The van der Waals surface area contributed by atoms with Gasteiger partial charge in [0.05, 0.1) is 50.3 Å². The first-order valence-electron chi connectivity index (χ1n) is 9.91. The van der Waals surface area contributed by atoms with Crippen LogP contribution in [0.3, 0.4) is 0 Å². The van der Waals surface area contributed by atoms with Crippen LogP contribution >= 0.6 is 11.8 Å². The zero-order valence-corrected chi connectivity index (χ0v) is 18.5. The summed E-state index contributed by atoms with van der Waals surface area (Å²) in [7, 11) is 3.10. The van der Waals surface area contributed by atoms with Crippen molar-refractivity contribution in [2.45, 2.75) is 18.7 Å². The molecule has 2 heterocycles. The fourth-order valence-electron chi connectivity index (χ4n) is 3.62. The number of carbonyl (C=O) groups is 2. The standard InChI is InChI=1S/C22H25N3O5S/c1-4-30-22(27)25-11-10-14-16(12-23)21(31-19(14)13-25)24-20(26)9-8-15-17(28-2)6-5-7-18(15)29-3/h5-9,16,21H,4,10-11,13H2,1-3H3,(H,24,26)/b9-8+. The van der Waals surface area contributed by atoms with E-state index in [0.29, 0.717) is 43.2 Å². The number of hydrogen-bond donors (Lipinski definition) is 1. The quantitative estimate of drug-likeness (QED) is 0.674. The minimum Gasteiger partial charge on any atom is -0.496 e. The van der Waals surface area contributed by atoms with Crippen LogP contribution < -0.4 is 14.8 Å². The van der Waals surface area contributed by atoms with Gasteiger partial charge in [-0.05, 0) is 37.1 Å². The average molecular weight is 444 g/mol. The summed E-state index contributed by atoms with van der Waals surface area (Å²) in [6.07, 6.45) is 3.27. The number of nitriles is 1. The largest absolute Gasteiger partial charge is 0.496 e. The molecule has 0 spiro atoms. The number of rotatable bonds is 6. The van der Waals surface area contributed by atoms with E-state index in [4.69, 9.17) is 14.2 Å². The molecule has 1 aromatic carbocycles. The van der Waals surface area contributed by atoms with Crippen molar-refractivity contribution < 1.29 is 23.8 Å². The number of benzene rings is 1. The Balaban J connectivity index is 1.68. The van der Waals surface area contributed by atoms with E-state index in [1.165, 1.54) is 17.8 Å². The normalized spacial score (nSPS) is 20.3. The molecule has 0 bridgehead atoms. The number of nitrogens with one attached hydrogen (secondary N) is 1. The molecule has 8 nitrogen and oxygen atoms in total. The molecular weight excluding hydrogens is 418 g/mol. The molecule has 0 fully saturated rings. The Bertz CT molecular complexity index is 931. The van der Waals surface area contributed by atoms with Gasteiger partial charge in [0.25, 0.3) is 0 Å². The van der Waals surface area contributed by atoms with Gasteiger partial charge in [-0.15, -0.1) is 11.8 Å². The number of methoxy groups -OCH3 is 2. The zero-order valence-electron chi connectivity index (χ0n) is 17.7. The molecule has 2 aliphatic heterocycles. The van der Waals surface area contributed by atoms with E-state index < -0.39 is 11.3 Å². The van der Waals surface area contributed by atoms with Gasteiger partial charge in [0.1, 0.15) is 11.5 Å². The Labute approximate surface area is 185 Å². The van der Waals surface area contributed by atoms with E-state index in [1.807, 2.05) is 0 Å². The number of nitrogens with zero attached hydrogens (tertiary/aromatic N) is 2. The number of amides is 2. The second-order valence-electron chi connectivity index (χ2n) is 6.88. The van der Waals surface area contributed by atoms with E-state index >= 15 is 0 Å². The third-order valence-electron chi connectivity index (χ3n) is 5.11. The Hall–Kier alpha value is -3.12. The fraction of sp³-hybridized carbons (Fsp3) is 0.409. The van der Waals surface area contributed by atoms with Crippen LogP contribution in [0, 0.1) is 17.2 Å². The monoisotopic (exact) mass is 443 g/mol. The average Bonchev–Trinajstić information content (AvgIpc) is 3.13. The van der Waals surface area contributed by atoms with Gasteiger partial charge in [-0.3, -0.25) is 4.79 Å². The van der Waals surface area contributed by atoms with Crippen LogP contribution in [0.1, 0.15) is 18.9 Å². The van der Waals surface area contributed by atoms with Gasteiger partial charge in [0, 0.05) is 17.5 Å². The predicted molar refractivity (Wildman–Crippen MR) is 117 cm³/mol. The first kappa shape index (κ1) is 22.6. The molecule has 0 aromatic heterocycles. The Morgan fingerprint density at radius 3 is 2.65 bits per heavy atom. The van der Waals surface area contributed by atoms with Gasteiger partial charge in [0.2, 0.25) is 5.91 Å². The summed E-state index contributed by atoms with van der Waals surface area (Å²) < 4.78 is 15.8. The predicted octanol–water partition coefficient (Wildman–Crippen LogP) is 3.16. The van der Waals surface area contributed by atoms with Crippen LogP contribution in [0.5, 0.6) is 11.5 Å². The van der Waals surface area contributed by atoms with Crippen molar-refractivity contribution in [3.63, 3.8) is 0 Å². The molecule has 2 atom stereocenters. The number of ether oxygens (including phenoxy) is 3. The first-order valence-corrected chi connectivity index (χ1v) is 10.8. The SMILES string of the molecule is CCOC(=O)N1CCC2=C(C1)SC(NC(=O)/C=C/c1c(OC)cccc1OC)C2C#N. The van der Waals surface area contributed by atoms with Gasteiger partial charge in [-0.1, -0.05) is 6.07 Å². The van der Waals surface area contributed by atoms with Crippen molar-refractivity contribution in [3.8, 4) is 17.6 Å². The van der Waals surface area contributed by atoms with Crippen molar-refractivity contribution >= 4 is 29.8 Å². The highest BCUT2D eigenvalue weighted by atomic mass is 32.2. The Morgan fingerprint density at radius 2 is 2.03 bits per heavy atom. The molecule has 0 saturated heterocycles. The van der Waals surface area contributed by atoms with Crippen molar-refractivity contribution in [1.82, 2.24) is 10.2 Å². The first-order chi connectivity index (χ1) is 15.0. The molecule has 1 N–H and O–H groups in total. The lowest BCUT2D eigenvalue weighted by atomic mass is 9.94. The maximum atomic E-state index is 12.6. The van der Waals surface area contributed by atoms with Crippen LogP contribution in [0.4, 0.5) is 4.79 Å². The maximum absolute atomic E-state index is 12.6. The zero-order chi connectivity index (χ0) is 22.4. The van der Waals surface area contributed by atoms with Gasteiger partial charge >= 0.3 is 6.09 Å². The number of carbonyl (C=O) groups excluding carboxylic acids is 2. The lowest BCUT2D eigenvalue weighted by Gasteiger charge is -2.27. The van der Waals surface area contributed by atoms with E-state index in [1.54, 1.807) is 50.3 Å². The van der Waals surface area contributed by atoms with E-state index in [2.05, 4.69) is 11.4 Å². The summed E-state index contributed by atoms with van der Waals surface area (Å²) in [5.41, 5.74) is 1.65. The summed E-state index contributed by atoms with van der Waals surface area (Å²) in [6.45, 7) is 2.99. The third kappa shape index (κ3) is 4.97. The van der Waals surface area contributed by atoms with E-state index in [9.17, 15) is 14.9 Å². The molecule has 31 heavy (non-hydrogen) atoms. The second kappa shape index (κ2) is 10.3. The topological polar surface area (TPSA) is 101 Å². The second-order valence-corrected chi connectivity index (χ2v) is 8.12. The molecule has 9 heteroatoms. The van der Waals surface area contributed by atoms with Crippen molar-refractivity contribution in [2.75, 3.05) is 33.9 Å². The highest BCUT2D eigenvalue weighted by molar-refractivity contribution is 8.04. The third-order valence-corrected chi connectivity index (χ3v) is 6.43. The Morgan fingerprint density at radius 1 is 1.32 bits per heavy atom.